The van der Waals surface area contributed by atoms with E-state index in [0.717, 1.165) is 0 Å². The van der Waals surface area contributed by atoms with E-state index in [-0.39, 0.29) is 22.8 Å². The predicted octanol–water partition coefficient (Wildman–Crippen LogP) is 3.30. The Kier molecular flexibility index (Phi) is 6.47. The molecule has 5 nitrogen and oxygen atoms in total. The second-order valence-corrected chi connectivity index (χ2v) is 6.99. The average Bonchev–Trinajstić information content (AvgIpc) is 3.13. The van der Waals surface area contributed by atoms with Crippen LogP contribution in [0.15, 0.2) is 41.8 Å². The molecule has 2 aromatic rings. The molecule has 0 spiro atoms. The third kappa shape index (κ3) is 5.00. The molecular weight excluding hydrogens is 338 g/mol. The maximum atomic E-state index is 12.6. The molecule has 1 aromatic heterocycles. The van der Waals surface area contributed by atoms with Gasteiger partial charge in [-0.2, -0.15) is 0 Å². The Hall–Kier alpha value is -2.47. The second kappa shape index (κ2) is 8.58. The molecule has 2 rings (SSSR count). The van der Waals surface area contributed by atoms with Crippen LogP contribution < -0.4 is 5.32 Å². The van der Waals surface area contributed by atoms with Crippen molar-refractivity contribution in [2.24, 2.45) is 5.92 Å². The highest BCUT2D eigenvalue weighted by molar-refractivity contribution is 7.12. The fourth-order valence-electron chi connectivity index (χ4n) is 2.13. The number of benzene rings is 1. The van der Waals surface area contributed by atoms with E-state index in [2.05, 4.69) is 5.32 Å². The summed E-state index contributed by atoms with van der Waals surface area (Å²) in [6.45, 7) is 5.97. The second-order valence-electron chi connectivity index (χ2n) is 6.04. The molecule has 0 radical (unpaired) electrons. The van der Waals surface area contributed by atoms with Gasteiger partial charge < -0.3 is 10.1 Å². The molecule has 1 N–H and O–H groups in total. The van der Waals surface area contributed by atoms with E-state index >= 15 is 0 Å². The molecule has 0 aliphatic rings. The summed E-state index contributed by atoms with van der Waals surface area (Å²) in [7, 11) is 0. The molecule has 25 heavy (non-hydrogen) atoms. The van der Waals surface area contributed by atoms with E-state index in [0.29, 0.717) is 17.3 Å². The van der Waals surface area contributed by atoms with Crippen molar-refractivity contribution in [2.45, 2.75) is 26.9 Å². The van der Waals surface area contributed by atoms with Crippen molar-refractivity contribution in [2.75, 3.05) is 6.54 Å². The van der Waals surface area contributed by atoms with Crippen molar-refractivity contribution in [3.05, 3.63) is 57.8 Å². The van der Waals surface area contributed by atoms with Crippen LogP contribution in [0.25, 0.3) is 0 Å². The Morgan fingerprint density at radius 1 is 1.04 bits per heavy atom. The van der Waals surface area contributed by atoms with Crippen molar-refractivity contribution >= 4 is 29.0 Å². The Morgan fingerprint density at radius 2 is 1.72 bits per heavy atom. The third-order valence-electron chi connectivity index (χ3n) is 3.47. The highest BCUT2D eigenvalue weighted by Gasteiger charge is 2.23. The molecule has 0 fully saturated rings. The predicted molar refractivity (Wildman–Crippen MR) is 96.9 cm³/mol. The average molecular weight is 359 g/mol. The lowest BCUT2D eigenvalue weighted by Crippen LogP contribution is -2.37. The first-order valence-electron chi connectivity index (χ1n) is 8.06. The third-order valence-corrected chi connectivity index (χ3v) is 4.34. The maximum absolute atomic E-state index is 12.6. The zero-order valence-electron chi connectivity index (χ0n) is 14.4. The number of amides is 1. The number of thiophene rings is 1. The van der Waals surface area contributed by atoms with Gasteiger partial charge in [-0.05, 0) is 30.4 Å². The number of esters is 1. The standard InChI is InChI=1S/C19H21NO4S/c1-12(2)11-20-18(22)13(3)24-19(23)15-8-5-4-7-14(15)17(21)16-9-6-10-25-16/h4-10,12-13H,11H2,1-3H3,(H,20,22)/t13-/m0/s1. The molecule has 1 heterocycles. The first-order valence-corrected chi connectivity index (χ1v) is 8.94. The summed E-state index contributed by atoms with van der Waals surface area (Å²) in [5.74, 6) is -0.979. The molecule has 0 saturated carbocycles. The lowest BCUT2D eigenvalue weighted by atomic mass is 10.0. The van der Waals surface area contributed by atoms with Gasteiger partial charge in [0, 0.05) is 12.1 Å². The van der Waals surface area contributed by atoms with Gasteiger partial charge in [-0.3, -0.25) is 9.59 Å². The summed E-state index contributed by atoms with van der Waals surface area (Å²) in [5.41, 5.74) is 0.425. The molecule has 0 aliphatic carbocycles. The SMILES string of the molecule is CC(C)CNC(=O)[C@H](C)OC(=O)c1ccccc1C(=O)c1cccs1. The van der Waals surface area contributed by atoms with Gasteiger partial charge in [0.15, 0.2) is 6.10 Å². The van der Waals surface area contributed by atoms with E-state index in [1.165, 1.54) is 24.3 Å². The molecule has 0 saturated heterocycles. The van der Waals surface area contributed by atoms with Crippen molar-refractivity contribution < 1.29 is 19.1 Å². The number of ketones is 1. The minimum atomic E-state index is -0.934. The van der Waals surface area contributed by atoms with Crippen molar-refractivity contribution in [3.63, 3.8) is 0 Å². The van der Waals surface area contributed by atoms with E-state index in [1.54, 1.807) is 35.7 Å². The van der Waals surface area contributed by atoms with Gasteiger partial charge in [0.05, 0.1) is 10.4 Å². The van der Waals surface area contributed by atoms with E-state index < -0.39 is 12.1 Å². The Balaban J connectivity index is 2.12. The lowest BCUT2D eigenvalue weighted by Gasteiger charge is -2.15. The van der Waals surface area contributed by atoms with E-state index in [9.17, 15) is 14.4 Å². The number of carbonyl (C=O) groups is 3. The molecule has 0 unspecified atom stereocenters. The van der Waals surface area contributed by atoms with Gasteiger partial charge in [-0.15, -0.1) is 11.3 Å². The molecule has 0 aliphatic heterocycles. The highest BCUT2D eigenvalue weighted by atomic mass is 32.1. The minimum absolute atomic E-state index is 0.157. The fourth-order valence-corrected chi connectivity index (χ4v) is 2.80. The van der Waals surface area contributed by atoms with E-state index in [4.69, 9.17) is 4.74 Å². The molecule has 6 heteroatoms. The first-order chi connectivity index (χ1) is 11.9. The molecule has 0 bridgehead atoms. The number of ether oxygens (including phenoxy) is 1. The first kappa shape index (κ1) is 18.9. The number of hydrogen-bond donors (Lipinski definition) is 1. The van der Waals surface area contributed by atoms with Gasteiger partial charge in [-0.1, -0.05) is 38.1 Å². The summed E-state index contributed by atoms with van der Waals surface area (Å²) >= 11 is 1.31. The maximum Gasteiger partial charge on any atom is 0.339 e. The van der Waals surface area contributed by atoms with Crippen molar-refractivity contribution in [3.8, 4) is 0 Å². The Bertz CT molecular complexity index is 753. The van der Waals surface area contributed by atoms with Crippen LogP contribution in [0, 0.1) is 5.92 Å². The van der Waals surface area contributed by atoms with Gasteiger partial charge in [0.25, 0.3) is 5.91 Å². The minimum Gasteiger partial charge on any atom is -0.449 e. The number of rotatable bonds is 7. The topological polar surface area (TPSA) is 72.5 Å². The summed E-state index contributed by atoms with van der Waals surface area (Å²) in [5, 5.41) is 4.52. The van der Waals surface area contributed by atoms with Crippen LogP contribution in [-0.4, -0.2) is 30.3 Å². The Morgan fingerprint density at radius 3 is 2.32 bits per heavy atom. The van der Waals surface area contributed by atoms with Crippen LogP contribution in [0.5, 0.6) is 0 Å². The van der Waals surface area contributed by atoms with Gasteiger partial charge in [0.1, 0.15) is 0 Å². The molecule has 1 atom stereocenters. The van der Waals surface area contributed by atoms with Crippen LogP contribution in [-0.2, 0) is 9.53 Å². The van der Waals surface area contributed by atoms with Crippen LogP contribution >= 0.6 is 11.3 Å². The zero-order valence-corrected chi connectivity index (χ0v) is 15.3. The van der Waals surface area contributed by atoms with Gasteiger partial charge >= 0.3 is 5.97 Å². The van der Waals surface area contributed by atoms with Crippen LogP contribution in [0.4, 0.5) is 0 Å². The van der Waals surface area contributed by atoms with Crippen LogP contribution in [0.1, 0.15) is 46.4 Å². The lowest BCUT2D eigenvalue weighted by molar-refractivity contribution is -0.129. The molecule has 1 aromatic carbocycles. The molecular formula is C19H21NO4S. The largest absolute Gasteiger partial charge is 0.449 e. The summed E-state index contributed by atoms with van der Waals surface area (Å²) in [6, 6.07) is 9.95. The monoisotopic (exact) mass is 359 g/mol. The van der Waals surface area contributed by atoms with Gasteiger partial charge in [0.2, 0.25) is 5.78 Å². The van der Waals surface area contributed by atoms with Crippen molar-refractivity contribution in [1.29, 1.82) is 0 Å². The Labute approximate surface area is 151 Å². The zero-order chi connectivity index (χ0) is 18.4. The molecule has 132 valence electrons. The van der Waals surface area contributed by atoms with Crippen LogP contribution in [0.2, 0.25) is 0 Å². The summed E-state index contributed by atoms with van der Waals surface area (Å²) in [4.78, 5) is 37.5. The quantitative estimate of drug-likeness (QED) is 0.608. The number of carbonyl (C=O) groups excluding carboxylic acids is 3. The van der Waals surface area contributed by atoms with E-state index in [1.807, 2.05) is 13.8 Å². The summed E-state index contributed by atoms with van der Waals surface area (Å²) < 4.78 is 5.24. The smallest absolute Gasteiger partial charge is 0.339 e. The summed E-state index contributed by atoms with van der Waals surface area (Å²) in [6.07, 6.45) is -0.934. The van der Waals surface area contributed by atoms with Crippen LogP contribution in [0.3, 0.4) is 0 Å². The number of hydrogen-bond acceptors (Lipinski definition) is 5. The molecule has 1 amide bonds. The van der Waals surface area contributed by atoms with Crippen molar-refractivity contribution in [1.82, 2.24) is 5.32 Å². The number of nitrogens with one attached hydrogen (secondary N) is 1. The highest BCUT2D eigenvalue weighted by Crippen LogP contribution is 2.19. The van der Waals surface area contributed by atoms with Gasteiger partial charge in [-0.25, -0.2) is 4.79 Å². The fraction of sp³-hybridized carbons (Fsp3) is 0.316. The normalized spacial score (nSPS) is 11.8.